The summed E-state index contributed by atoms with van der Waals surface area (Å²) in [7, 11) is 0. The molecule has 0 bridgehead atoms. The Balaban J connectivity index is 0.000000754. The number of carbonyl (C=O) groups is 2. The normalized spacial score (nSPS) is 17.0. The number of hydrogen-bond donors (Lipinski definition) is 6. The number of amidine groups is 1. The molecule has 0 spiro atoms. The fourth-order valence-corrected chi connectivity index (χ4v) is 1.29. The number of aliphatic carboxylic acids is 2. The molecule has 10 heteroatoms. The molecule has 136 valence electrons. The zero-order valence-electron chi connectivity index (χ0n) is 13.4. The predicted octanol–water partition coefficient (Wildman–Crippen LogP) is -0.750. The van der Waals surface area contributed by atoms with Crippen LogP contribution in [0.15, 0.2) is 24.2 Å². The Labute approximate surface area is 139 Å². The van der Waals surface area contributed by atoms with Gasteiger partial charge in [-0.05, 0) is 12.2 Å². The first-order valence-electron chi connectivity index (χ1n) is 7.01. The first-order chi connectivity index (χ1) is 11.1. The van der Waals surface area contributed by atoms with E-state index in [2.05, 4.69) is 5.32 Å². The number of rotatable bonds is 7. The van der Waals surface area contributed by atoms with Crippen LogP contribution in [0, 0.1) is 5.41 Å². The van der Waals surface area contributed by atoms with Gasteiger partial charge in [0, 0.05) is 12.6 Å². The van der Waals surface area contributed by atoms with Gasteiger partial charge in [-0.15, -0.1) is 0 Å². The average Bonchev–Trinajstić information content (AvgIpc) is 2.51. The van der Waals surface area contributed by atoms with Crippen LogP contribution in [0.2, 0.25) is 0 Å². The number of ether oxygens (including phenoxy) is 2. The molecule has 1 aliphatic rings. The van der Waals surface area contributed by atoms with Gasteiger partial charge in [-0.25, -0.2) is 9.59 Å². The fourth-order valence-electron chi connectivity index (χ4n) is 1.29. The molecule has 10 nitrogen and oxygen atoms in total. The van der Waals surface area contributed by atoms with Crippen LogP contribution in [-0.4, -0.2) is 64.5 Å². The number of aliphatic hydroxyl groups excluding tert-OH is 1. The second-order valence-electron chi connectivity index (χ2n) is 5.03. The van der Waals surface area contributed by atoms with Gasteiger partial charge in [0.25, 0.3) is 0 Å². The monoisotopic (exact) mass is 345 g/mol. The third-order valence-electron chi connectivity index (χ3n) is 2.46. The van der Waals surface area contributed by atoms with Crippen molar-refractivity contribution in [3.05, 3.63) is 24.2 Å². The lowest BCUT2D eigenvalue weighted by Gasteiger charge is -2.19. The summed E-state index contributed by atoms with van der Waals surface area (Å²) < 4.78 is 10.5. The lowest BCUT2D eigenvalue weighted by molar-refractivity contribution is -0.159. The number of nitrogens with one attached hydrogen (secondary N) is 2. The van der Waals surface area contributed by atoms with Crippen LogP contribution in [0.3, 0.4) is 0 Å². The summed E-state index contributed by atoms with van der Waals surface area (Å²) in [5, 5.41) is 34.7. The summed E-state index contributed by atoms with van der Waals surface area (Å²) in [6, 6.07) is 0.327. The summed E-state index contributed by atoms with van der Waals surface area (Å²) >= 11 is 0. The number of allylic oxidation sites excluding steroid dienone is 1. The van der Waals surface area contributed by atoms with E-state index in [1.165, 1.54) is 6.26 Å². The highest BCUT2D eigenvalue weighted by Gasteiger charge is 2.14. The van der Waals surface area contributed by atoms with Crippen molar-refractivity contribution in [1.29, 1.82) is 5.41 Å². The molecule has 0 saturated carbocycles. The average molecular weight is 345 g/mol. The van der Waals surface area contributed by atoms with Gasteiger partial charge in [-0.1, -0.05) is 13.8 Å². The van der Waals surface area contributed by atoms with Crippen LogP contribution in [-0.2, 0) is 19.1 Å². The maximum Gasteiger partial charge on any atom is 0.414 e. The molecule has 2 unspecified atom stereocenters. The molecule has 7 N–H and O–H groups in total. The summed E-state index contributed by atoms with van der Waals surface area (Å²) in [5.74, 6) is -3.19. The predicted molar refractivity (Wildman–Crippen MR) is 84.4 cm³/mol. The Kier molecular flexibility index (Phi) is 9.83. The maximum atomic E-state index is 9.64. The lowest BCUT2D eigenvalue weighted by Crippen LogP contribution is -2.34. The number of aliphatic hydroxyl groups is 1. The highest BCUT2D eigenvalue weighted by atomic mass is 16.5. The van der Waals surface area contributed by atoms with Crippen molar-refractivity contribution in [1.82, 2.24) is 5.32 Å². The largest absolute Gasteiger partial charge is 0.488 e. The van der Waals surface area contributed by atoms with Gasteiger partial charge in [0.15, 0.2) is 11.9 Å². The Hall–Kier alpha value is -2.59. The van der Waals surface area contributed by atoms with Crippen LogP contribution in [0.25, 0.3) is 0 Å². The van der Waals surface area contributed by atoms with Crippen molar-refractivity contribution in [3.8, 4) is 0 Å². The molecule has 0 aliphatic carbocycles. The molecule has 0 fully saturated rings. The number of hydrogen-bond acceptors (Lipinski definition) is 7. The van der Waals surface area contributed by atoms with E-state index in [0.717, 1.165) is 0 Å². The minimum atomic E-state index is -1.82. The van der Waals surface area contributed by atoms with Gasteiger partial charge in [-0.2, -0.15) is 0 Å². The molecule has 0 saturated heterocycles. The van der Waals surface area contributed by atoms with Crippen molar-refractivity contribution >= 4 is 17.8 Å². The topological polar surface area (TPSA) is 175 Å². The zero-order chi connectivity index (χ0) is 18.7. The summed E-state index contributed by atoms with van der Waals surface area (Å²) in [5.41, 5.74) is 5.29. The van der Waals surface area contributed by atoms with E-state index in [9.17, 15) is 5.11 Å². The van der Waals surface area contributed by atoms with Crippen molar-refractivity contribution in [2.75, 3.05) is 13.2 Å². The van der Waals surface area contributed by atoms with E-state index in [4.69, 9.17) is 40.4 Å². The first-order valence-corrected chi connectivity index (χ1v) is 7.01. The number of carboxylic acid groups (broad SMARTS) is 2. The Morgan fingerprint density at radius 1 is 1.42 bits per heavy atom. The number of carboxylic acids is 2. The molecule has 0 aromatic rings. The third-order valence-corrected chi connectivity index (χ3v) is 2.46. The first kappa shape index (κ1) is 21.4. The minimum absolute atomic E-state index is 0.0530. The molecule has 24 heavy (non-hydrogen) atoms. The Morgan fingerprint density at radius 2 is 2.00 bits per heavy atom. The molecule has 1 rings (SSSR count). The van der Waals surface area contributed by atoms with Crippen molar-refractivity contribution in [2.24, 2.45) is 5.73 Å². The smallest absolute Gasteiger partial charge is 0.414 e. The number of nitrogens with two attached hydrogens (primary N) is 1. The van der Waals surface area contributed by atoms with Gasteiger partial charge < -0.3 is 35.8 Å². The second kappa shape index (κ2) is 11.0. The summed E-state index contributed by atoms with van der Waals surface area (Å²) in [6.07, 6.45) is 3.61. The molecular formula is C14H23N3O7. The van der Waals surface area contributed by atoms with Gasteiger partial charge in [0.1, 0.15) is 24.8 Å². The van der Waals surface area contributed by atoms with Crippen LogP contribution < -0.4 is 11.1 Å². The van der Waals surface area contributed by atoms with Crippen LogP contribution in [0.5, 0.6) is 0 Å². The maximum absolute atomic E-state index is 9.64. The molecule has 0 radical (unpaired) electrons. The zero-order valence-corrected chi connectivity index (χ0v) is 13.4. The van der Waals surface area contributed by atoms with E-state index in [-0.39, 0.29) is 12.4 Å². The SMILES string of the molecule is CC(C)NCC(O)COC1=COC(C(=N)N)C=C1.O=C(O)C(=O)O. The molecular weight excluding hydrogens is 322 g/mol. The lowest BCUT2D eigenvalue weighted by atomic mass is 10.2. The Bertz CT molecular complexity index is 491. The highest BCUT2D eigenvalue weighted by Crippen LogP contribution is 2.10. The van der Waals surface area contributed by atoms with Crippen molar-refractivity contribution in [3.63, 3.8) is 0 Å². The van der Waals surface area contributed by atoms with E-state index in [1.807, 2.05) is 13.8 Å². The van der Waals surface area contributed by atoms with E-state index >= 15 is 0 Å². The molecule has 0 amide bonds. The van der Waals surface area contributed by atoms with Crippen LogP contribution in [0.1, 0.15) is 13.8 Å². The highest BCUT2D eigenvalue weighted by molar-refractivity contribution is 6.27. The van der Waals surface area contributed by atoms with E-state index in [1.54, 1.807) is 12.2 Å². The van der Waals surface area contributed by atoms with Crippen molar-refractivity contribution < 1.29 is 34.4 Å². The molecule has 0 aromatic heterocycles. The summed E-state index contributed by atoms with van der Waals surface area (Å²) in [6.45, 7) is 4.68. The second-order valence-corrected chi connectivity index (χ2v) is 5.03. The molecule has 2 atom stereocenters. The standard InChI is InChI=1S/C12H21N3O3.C2H2O4/c1-8(2)15-5-9(16)6-17-10-3-4-11(12(13)14)18-7-10;3-1(4)2(5)6/h3-4,7-9,11,15-16H,5-6H2,1-2H3,(H3,13,14);(H,3,4)(H,5,6). The van der Waals surface area contributed by atoms with Crippen LogP contribution >= 0.6 is 0 Å². The van der Waals surface area contributed by atoms with Gasteiger partial charge in [0.05, 0.1) is 0 Å². The molecule has 0 aromatic carbocycles. The quantitative estimate of drug-likeness (QED) is 0.197. The van der Waals surface area contributed by atoms with E-state index < -0.39 is 24.1 Å². The molecule has 1 heterocycles. The van der Waals surface area contributed by atoms with Gasteiger partial charge in [-0.3, -0.25) is 5.41 Å². The van der Waals surface area contributed by atoms with Crippen molar-refractivity contribution in [2.45, 2.75) is 32.1 Å². The van der Waals surface area contributed by atoms with Gasteiger partial charge in [0.2, 0.25) is 0 Å². The van der Waals surface area contributed by atoms with E-state index in [0.29, 0.717) is 18.3 Å². The Morgan fingerprint density at radius 3 is 2.38 bits per heavy atom. The van der Waals surface area contributed by atoms with Crippen LogP contribution in [0.4, 0.5) is 0 Å². The van der Waals surface area contributed by atoms with Gasteiger partial charge >= 0.3 is 11.9 Å². The fraction of sp³-hybridized carbons (Fsp3) is 0.500. The third kappa shape index (κ3) is 10.2. The molecule has 1 aliphatic heterocycles. The summed E-state index contributed by atoms with van der Waals surface area (Å²) in [4.78, 5) is 18.2. The minimum Gasteiger partial charge on any atom is -0.488 e.